The van der Waals surface area contributed by atoms with Gasteiger partial charge < -0.3 is 4.74 Å². The maximum atomic E-state index is 12.0. The molecular formula is C18H15ClN6O5S. The molecule has 13 heteroatoms. The SMILES string of the molecule is COc1ccc(Cl)cc1-c1nc(SCC(=O)NNC(=O)c2ccc([N+](=O)[O-])cc2)n[nH]1. The number of H-pyrrole nitrogens is 1. The molecule has 0 aliphatic rings. The standard InChI is InChI=1S/C18H15ClN6O5S/c1-30-14-7-4-11(19)8-13(14)16-20-18(24-22-16)31-9-15(26)21-23-17(27)10-2-5-12(6-3-10)25(28)29/h2-8H,9H2,1H3,(H,21,26)(H,23,27)(H,20,22,24). The van der Waals surface area contributed by atoms with Gasteiger partial charge in [-0.25, -0.2) is 4.98 Å². The van der Waals surface area contributed by atoms with Crippen molar-refractivity contribution in [2.75, 3.05) is 12.9 Å². The van der Waals surface area contributed by atoms with E-state index in [2.05, 4.69) is 26.0 Å². The fraction of sp³-hybridized carbons (Fsp3) is 0.111. The lowest BCUT2D eigenvalue weighted by atomic mass is 10.2. The van der Waals surface area contributed by atoms with E-state index in [1.807, 2.05) is 0 Å². The number of methoxy groups -OCH3 is 1. The van der Waals surface area contributed by atoms with Gasteiger partial charge >= 0.3 is 0 Å². The number of ether oxygens (including phenoxy) is 1. The van der Waals surface area contributed by atoms with Crippen molar-refractivity contribution in [1.29, 1.82) is 0 Å². The molecule has 0 aliphatic carbocycles. The Labute approximate surface area is 184 Å². The highest BCUT2D eigenvalue weighted by molar-refractivity contribution is 7.99. The van der Waals surface area contributed by atoms with Gasteiger partial charge in [-0.05, 0) is 30.3 Å². The molecule has 1 heterocycles. The number of nitro groups is 1. The molecule has 0 saturated carbocycles. The number of amides is 2. The van der Waals surface area contributed by atoms with Gasteiger partial charge in [0.15, 0.2) is 5.82 Å². The number of thioether (sulfide) groups is 1. The summed E-state index contributed by atoms with van der Waals surface area (Å²) in [6.45, 7) is 0. The summed E-state index contributed by atoms with van der Waals surface area (Å²) < 4.78 is 5.28. The maximum absolute atomic E-state index is 12.0. The monoisotopic (exact) mass is 462 g/mol. The van der Waals surface area contributed by atoms with E-state index in [1.165, 1.54) is 31.4 Å². The summed E-state index contributed by atoms with van der Waals surface area (Å²) in [4.78, 5) is 38.3. The Hall–Kier alpha value is -3.64. The number of carbonyl (C=O) groups excluding carboxylic acids is 2. The van der Waals surface area contributed by atoms with E-state index in [0.717, 1.165) is 11.8 Å². The zero-order valence-electron chi connectivity index (χ0n) is 15.9. The maximum Gasteiger partial charge on any atom is 0.269 e. The van der Waals surface area contributed by atoms with Crippen LogP contribution >= 0.6 is 23.4 Å². The van der Waals surface area contributed by atoms with Gasteiger partial charge in [0.05, 0.1) is 23.3 Å². The average molecular weight is 463 g/mol. The number of halogens is 1. The Kier molecular flexibility index (Phi) is 7.05. The summed E-state index contributed by atoms with van der Waals surface area (Å²) >= 11 is 7.07. The molecule has 0 bridgehead atoms. The molecular weight excluding hydrogens is 448 g/mol. The minimum atomic E-state index is -0.610. The zero-order chi connectivity index (χ0) is 22.4. The van der Waals surface area contributed by atoms with Crippen LogP contribution in [0.4, 0.5) is 5.69 Å². The van der Waals surface area contributed by atoms with E-state index in [0.29, 0.717) is 27.3 Å². The third-order valence-electron chi connectivity index (χ3n) is 3.87. The first-order chi connectivity index (χ1) is 14.9. The zero-order valence-corrected chi connectivity index (χ0v) is 17.5. The number of hydrazine groups is 1. The van der Waals surface area contributed by atoms with Crippen molar-refractivity contribution in [2.45, 2.75) is 5.16 Å². The van der Waals surface area contributed by atoms with Crippen LogP contribution in [0.15, 0.2) is 47.6 Å². The molecule has 0 radical (unpaired) electrons. The number of hydrogen-bond donors (Lipinski definition) is 3. The highest BCUT2D eigenvalue weighted by Gasteiger charge is 2.14. The predicted octanol–water partition coefficient (Wildman–Crippen LogP) is 2.60. The van der Waals surface area contributed by atoms with Gasteiger partial charge in [0.1, 0.15) is 5.75 Å². The summed E-state index contributed by atoms with van der Waals surface area (Å²) in [7, 11) is 1.52. The molecule has 3 N–H and O–H groups in total. The molecule has 0 unspecified atom stereocenters. The highest BCUT2D eigenvalue weighted by atomic mass is 35.5. The molecule has 11 nitrogen and oxygen atoms in total. The van der Waals surface area contributed by atoms with Crippen LogP contribution in [0.1, 0.15) is 10.4 Å². The molecule has 0 fully saturated rings. The molecule has 3 rings (SSSR count). The van der Waals surface area contributed by atoms with Gasteiger partial charge in [-0.3, -0.25) is 35.7 Å². The quantitative estimate of drug-likeness (QED) is 0.275. The van der Waals surface area contributed by atoms with Gasteiger partial charge in [0, 0.05) is 22.7 Å². The number of non-ortho nitro benzene ring substituents is 1. The number of rotatable bonds is 7. The predicted molar refractivity (Wildman–Crippen MR) is 113 cm³/mol. The summed E-state index contributed by atoms with van der Waals surface area (Å²) in [6, 6.07) is 10.0. The van der Waals surface area contributed by atoms with Crippen LogP contribution in [0, 0.1) is 10.1 Å². The molecule has 160 valence electrons. The Balaban J connectivity index is 1.52. The van der Waals surface area contributed by atoms with Crippen molar-refractivity contribution in [1.82, 2.24) is 26.0 Å². The minimum Gasteiger partial charge on any atom is -0.496 e. The Bertz CT molecular complexity index is 1120. The largest absolute Gasteiger partial charge is 0.496 e. The van der Waals surface area contributed by atoms with Crippen LogP contribution in [0.25, 0.3) is 11.4 Å². The fourth-order valence-electron chi connectivity index (χ4n) is 2.40. The molecule has 0 spiro atoms. The number of hydrogen-bond acceptors (Lipinski definition) is 8. The van der Waals surface area contributed by atoms with Crippen molar-refractivity contribution in [2.24, 2.45) is 0 Å². The van der Waals surface area contributed by atoms with Crippen LogP contribution in [-0.4, -0.2) is 44.8 Å². The first-order valence-corrected chi connectivity index (χ1v) is 9.96. The summed E-state index contributed by atoms with van der Waals surface area (Å²) in [6.07, 6.45) is 0. The number of carbonyl (C=O) groups is 2. The van der Waals surface area contributed by atoms with Crippen molar-refractivity contribution < 1.29 is 19.2 Å². The number of nitro benzene ring substituents is 1. The van der Waals surface area contributed by atoms with E-state index in [-0.39, 0.29) is 17.0 Å². The van der Waals surface area contributed by atoms with Gasteiger partial charge in [-0.2, -0.15) is 0 Å². The highest BCUT2D eigenvalue weighted by Crippen LogP contribution is 2.31. The second kappa shape index (κ2) is 9.91. The van der Waals surface area contributed by atoms with Gasteiger partial charge in [-0.15, -0.1) is 5.10 Å². The summed E-state index contributed by atoms with van der Waals surface area (Å²) in [5, 5.41) is 18.3. The third-order valence-corrected chi connectivity index (χ3v) is 4.95. The van der Waals surface area contributed by atoms with Crippen LogP contribution in [0.3, 0.4) is 0 Å². The van der Waals surface area contributed by atoms with Gasteiger partial charge in [-0.1, -0.05) is 23.4 Å². The molecule has 2 aromatic carbocycles. The molecule has 0 atom stereocenters. The molecule has 0 aliphatic heterocycles. The van der Waals surface area contributed by atoms with Crippen molar-refractivity contribution in [3.63, 3.8) is 0 Å². The number of aromatic nitrogens is 3. The lowest BCUT2D eigenvalue weighted by Crippen LogP contribution is -2.42. The van der Waals surface area contributed by atoms with E-state index in [4.69, 9.17) is 16.3 Å². The van der Waals surface area contributed by atoms with Crippen LogP contribution in [0.5, 0.6) is 5.75 Å². The Morgan fingerprint density at radius 2 is 1.97 bits per heavy atom. The van der Waals surface area contributed by atoms with E-state index >= 15 is 0 Å². The number of benzene rings is 2. The van der Waals surface area contributed by atoms with Crippen LogP contribution in [-0.2, 0) is 4.79 Å². The lowest BCUT2D eigenvalue weighted by molar-refractivity contribution is -0.384. The molecule has 1 aromatic heterocycles. The number of nitrogens with zero attached hydrogens (tertiary/aromatic N) is 3. The minimum absolute atomic E-state index is 0.0650. The lowest BCUT2D eigenvalue weighted by Gasteiger charge is -2.06. The molecule has 0 saturated heterocycles. The average Bonchev–Trinajstić information content (AvgIpc) is 3.25. The third kappa shape index (κ3) is 5.71. The van der Waals surface area contributed by atoms with E-state index in [9.17, 15) is 19.7 Å². The number of nitrogens with one attached hydrogen (secondary N) is 3. The van der Waals surface area contributed by atoms with Gasteiger partial charge in [0.25, 0.3) is 11.6 Å². The normalized spacial score (nSPS) is 10.4. The van der Waals surface area contributed by atoms with Gasteiger partial charge in [0.2, 0.25) is 11.1 Å². The summed E-state index contributed by atoms with van der Waals surface area (Å²) in [5.74, 6) is -0.184. The first kappa shape index (κ1) is 22.1. The van der Waals surface area contributed by atoms with Crippen LogP contribution < -0.4 is 15.6 Å². The second-order valence-electron chi connectivity index (χ2n) is 5.91. The molecule has 3 aromatic rings. The van der Waals surface area contributed by atoms with E-state index in [1.54, 1.807) is 18.2 Å². The van der Waals surface area contributed by atoms with Crippen molar-refractivity contribution in [3.05, 3.63) is 63.2 Å². The van der Waals surface area contributed by atoms with Crippen molar-refractivity contribution in [3.8, 4) is 17.1 Å². The molecule has 2 amide bonds. The van der Waals surface area contributed by atoms with Crippen molar-refractivity contribution >= 4 is 40.9 Å². The fourth-order valence-corrected chi connectivity index (χ4v) is 3.17. The van der Waals surface area contributed by atoms with Crippen LogP contribution in [0.2, 0.25) is 5.02 Å². The summed E-state index contributed by atoms with van der Waals surface area (Å²) in [5.41, 5.74) is 5.13. The molecule has 31 heavy (non-hydrogen) atoms. The van der Waals surface area contributed by atoms with E-state index < -0.39 is 16.7 Å². The smallest absolute Gasteiger partial charge is 0.269 e. The first-order valence-electron chi connectivity index (χ1n) is 8.60. The Morgan fingerprint density at radius 1 is 1.23 bits per heavy atom. The topological polar surface area (TPSA) is 152 Å². The second-order valence-corrected chi connectivity index (χ2v) is 7.29. The Morgan fingerprint density at radius 3 is 2.65 bits per heavy atom. The number of aromatic amines is 1.